The number of hydrogen-bond acceptors (Lipinski definition) is 12. The average Bonchev–Trinajstić information content (AvgIpc) is 3.25. The molecule has 0 atom stereocenters. The molecule has 0 aliphatic heterocycles. The second-order valence-electron chi connectivity index (χ2n) is 13.0. The number of carbonyl (C=O) groups excluding carboxylic acids is 4. The van der Waals surface area contributed by atoms with Gasteiger partial charge in [0.05, 0.1) is 39.6 Å². The van der Waals surface area contributed by atoms with Gasteiger partial charge < -0.3 is 38.6 Å². The summed E-state index contributed by atoms with van der Waals surface area (Å²) in [6, 6.07) is 30.9. The van der Waals surface area contributed by atoms with Crippen molar-refractivity contribution in [3.63, 3.8) is 0 Å². The van der Waals surface area contributed by atoms with Crippen molar-refractivity contribution < 1.29 is 57.8 Å². The van der Waals surface area contributed by atoms with Gasteiger partial charge in [0.15, 0.2) is 69.1 Å². The van der Waals surface area contributed by atoms with Crippen LogP contribution < -0.4 is 28.4 Å². The van der Waals surface area contributed by atoms with E-state index in [0.29, 0.717) is 30.5 Å². The molecule has 0 saturated carbocycles. The SMILES string of the molecule is COc1cc2c(cc1O)C(=O)c1ccc(O)c(OC)c1C2=O.COc1cc2c(cc1OCc1ccccc1)C(=O)c1ccc(OCc3ccccc3)c(OC)c1C2=O. The highest BCUT2D eigenvalue weighted by molar-refractivity contribution is 6.30. The standard InChI is InChI=1S/C30H24O6.C16H12O6/c1-33-25-15-23-22(16-26(25)36-18-20-11-7-4-8-12-20)28(31)21-13-14-24(30(34-2)27(21)29(23)32)35-17-19-9-5-3-6-10-19;1-21-12-6-9-8(5-11(12)18)14(19)7-3-4-10(17)16(22-2)13(7)15(9)20/h3-16H,17-18H2,1-2H3;3-6,17-18H,1-2H3. The molecule has 58 heavy (non-hydrogen) atoms. The summed E-state index contributed by atoms with van der Waals surface area (Å²) in [5, 5.41) is 19.6. The van der Waals surface area contributed by atoms with E-state index in [9.17, 15) is 29.4 Å². The lowest BCUT2D eigenvalue weighted by Crippen LogP contribution is -2.22. The first-order valence-corrected chi connectivity index (χ1v) is 17.9. The molecular formula is C46H36O12. The monoisotopic (exact) mass is 780 g/mol. The summed E-state index contributed by atoms with van der Waals surface area (Å²) in [6.07, 6.45) is 0. The molecule has 6 aromatic rings. The van der Waals surface area contributed by atoms with Crippen LogP contribution in [0.1, 0.15) is 74.8 Å². The maximum Gasteiger partial charge on any atom is 0.198 e. The number of carbonyl (C=O) groups is 4. The molecule has 0 radical (unpaired) electrons. The van der Waals surface area contributed by atoms with E-state index in [2.05, 4.69) is 0 Å². The van der Waals surface area contributed by atoms with Crippen LogP contribution in [-0.4, -0.2) is 61.8 Å². The number of rotatable bonds is 10. The normalized spacial score (nSPS) is 12.2. The van der Waals surface area contributed by atoms with Crippen molar-refractivity contribution in [2.24, 2.45) is 0 Å². The average molecular weight is 781 g/mol. The van der Waals surface area contributed by atoms with Crippen LogP contribution in [0.25, 0.3) is 0 Å². The number of ketones is 4. The number of benzene rings is 6. The van der Waals surface area contributed by atoms with Crippen LogP contribution in [0.4, 0.5) is 0 Å². The Morgan fingerprint density at radius 1 is 0.397 bits per heavy atom. The maximum absolute atomic E-state index is 13.6. The number of methoxy groups -OCH3 is 4. The third kappa shape index (κ3) is 7.03. The highest BCUT2D eigenvalue weighted by Crippen LogP contribution is 2.44. The number of phenolic OH excluding ortho intramolecular Hbond substituents is 2. The highest BCUT2D eigenvalue weighted by Gasteiger charge is 2.36. The van der Waals surface area contributed by atoms with E-state index < -0.39 is 11.6 Å². The van der Waals surface area contributed by atoms with Crippen molar-refractivity contribution >= 4 is 23.1 Å². The second kappa shape index (κ2) is 16.2. The largest absolute Gasteiger partial charge is 0.504 e. The molecule has 6 aromatic carbocycles. The first-order chi connectivity index (χ1) is 28.1. The summed E-state index contributed by atoms with van der Waals surface area (Å²) >= 11 is 0. The molecule has 2 aliphatic carbocycles. The van der Waals surface area contributed by atoms with Gasteiger partial charge in [-0.05, 0) is 59.7 Å². The Hall–Kier alpha value is -7.60. The molecule has 0 spiro atoms. The van der Waals surface area contributed by atoms with Crippen molar-refractivity contribution in [3.05, 3.63) is 165 Å². The van der Waals surface area contributed by atoms with Gasteiger partial charge in [-0.2, -0.15) is 0 Å². The molecule has 8 rings (SSSR count). The summed E-state index contributed by atoms with van der Waals surface area (Å²) in [6.45, 7) is 0.593. The van der Waals surface area contributed by atoms with Crippen molar-refractivity contribution in [1.29, 1.82) is 0 Å². The van der Waals surface area contributed by atoms with Gasteiger partial charge in [-0.3, -0.25) is 19.2 Å². The molecule has 0 aromatic heterocycles. The van der Waals surface area contributed by atoms with Gasteiger partial charge in [-0.15, -0.1) is 0 Å². The highest BCUT2D eigenvalue weighted by atomic mass is 16.5. The Kier molecular flexibility index (Phi) is 10.8. The third-order valence-electron chi connectivity index (χ3n) is 9.69. The Morgan fingerprint density at radius 2 is 0.845 bits per heavy atom. The number of phenols is 2. The van der Waals surface area contributed by atoms with E-state index in [1.165, 1.54) is 52.7 Å². The Morgan fingerprint density at radius 3 is 1.38 bits per heavy atom. The topological polar surface area (TPSA) is 164 Å². The van der Waals surface area contributed by atoms with Gasteiger partial charge in [0.2, 0.25) is 0 Å². The van der Waals surface area contributed by atoms with Gasteiger partial charge in [0.25, 0.3) is 0 Å². The minimum absolute atomic E-state index is 0.00717. The predicted octanol–water partition coefficient (Wildman–Crippen LogP) is 7.53. The van der Waals surface area contributed by atoms with Crippen LogP contribution in [0.5, 0.6) is 46.0 Å². The molecule has 292 valence electrons. The van der Waals surface area contributed by atoms with Crippen molar-refractivity contribution in [2.45, 2.75) is 13.2 Å². The van der Waals surface area contributed by atoms with Crippen LogP contribution in [0.3, 0.4) is 0 Å². The molecule has 2 aliphatic rings. The van der Waals surface area contributed by atoms with Crippen molar-refractivity contribution in [3.8, 4) is 46.0 Å². The first kappa shape index (κ1) is 38.7. The molecule has 12 heteroatoms. The van der Waals surface area contributed by atoms with E-state index in [-0.39, 0.29) is 84.8 Å². The summed E-state index contributed by atoms with van der Waals surface area (Å²) in [7, 11) is 5.60. The molecule has 0 unspecified atom stereocenters. The fourth-order valence-electron chi connectivity index (χ4n) is 6.83. The maximum atomic E-state index is 13.6. The summed E-state index contributed by atoms with van der Waals surface area (Å²) in [4.78, 5) is 52.4. The molecule has 0 saturated heterocycles. The van der Waals surface area contributed by atoms with E-state index >= 15 is 0 Å². The molecular weight excluding hydrogens is 744 g/mol. The minimum Gasteiger partial charge on any atom is -0.504 e. The van der Waals surface area contributed by atoms with Crippen LogP contribution in [-0.2, 0) is 13.2 Å². The minimum atomic E-state index is -0.476. The molecule has 0 heterocycles. The zero-order valence-electron chi connectivity index (χ0n) is 31.8. The zero-order chi connectivity index (χ0) is 41.1. The van der Waals surface area contributed by atoms with E-state index in [1.54, 1.807) is 24.3 Å². The summed E-state index contributed by atoms with van der Waals surface area (Å²) in [5.41, 5.74) is 3.18. The van der Waals surface area contributed by atoms with Gasteiger partial charge in [0.1, 0.15) is 13.2 Å². The number of ether oxygens (including phenoxy) is 6. The lowest BCUT2D eigenvalue weighted by Gasteiger charge is -2.23. The van der Waals surface area contributed by atoms with Crippen molar-refractivity contribution in [2.75, 3.05) is 28.4 Å². The number of aromatic hydroxyl groups is 2. The van der Waals surface area contributed by atoms with Gasteiger partial charge in [-0.25, -0.2) is 0 Å². The van der Waals surface area contributed by atoms with Crippen LogP contribution in [0.15, 0.2) is 109 Å². The van der Waals surface area contributed by atoms with Crippen molar-refractivity contribution in [1.82, 2.24) is 0 Å². The summed E-state index contributed by atoms with van der Waals surface area (Å²) in [5.74, 6) is -0.575. The molecule has 0 fully saturated rings. The molecule has 0 amide bonds. The lowest BCUT2D eigenvalue weighted by atomic mass is 9.83. The Labute approximate surface area is 332 Å². The smallest absolute Gasteiger partial charge is 0.198 e. The predicted molar refractivity (Wildman–Crippen MR) is 211 cm³/mol. The van der Waals surface area contributed by atoms with E-state index in [0.717, 1.165) is 11.1 Å². The Balaban J connectivity index is 0.000000199. The molecule has 0 bridgehead atoms. The van der Waals surface area contributed by atoms with Crippen LogP contribution >= 0.6 is 0 Å². The Bertz CT molecular complexity index is 2560. The van der Waals surface area contributed by atoms with Gasteiger partial charge >= 0.3 is 0 Å². The zero-order valence-corrected chi connectivity index (χ0v) is 31.8. The number of fused-ring (bicyclic) bond motifs is 4. The van der Waals surface area contributed by atoms with Gasteiger partial charge in [0, 0.05) is 33.4 Å². The van der Waals surface area contributed by atoms with Crippen LogP contribution in [0, 0.1) is 0 Å². The fraction of sp³-hybridized carbons (Fsp3) is 0.130. The lowest BCUT2D eigenvalue weighted by molar-refractivity contribution is 0.0975. The first-order valence-electron chi connectivity index (χ1n) is 17.9. The quantitative estimate of drug-likeness (QED) is 0.140. The van der Waals surface area contributed by atoms with E-state index in [4.69, 9.17) is 28.4 Å². The van der Waals surface area contributed by atoms with Crippen LogP contribution in [0.2, 0.25) is 0 Å². The summed E-state index contributed by atoms with van der Waals surface area (Å²) < 4.78 is 33.0. The second-order valence-corrected chi connectivity index (χ2v) is 13.0. The third-order valence-corrected chi connectivity index (χ3v) is 9.69. The molecule has 2 N–H and O–H groups in total. The molecule has 12 nitrogen and oxygen atoms in total. The fourth-order valence-corrected chi connectivity index (χ4v) is 6.83. The van der Waals surface area contributed by atoms with E-state index in [1.807, 2.05) is 60.7 Å². The van der Waals surface area contributed by atoms with Gasteiger partial charge in [-0.1, -0.05) is 60.7 Å². The number of hydrogen-bond donors (Lipinski definition) is 2.